The van der Waals surface area contributed by atoms with Gasteiger partial charge in [-0.15, -0.1) is 11.3 Å². The van der Waals surface area contributed by atoms with Gasteiger partial charge in [0.25, 0.3) is 11.8 Å². The number of carbonyl (C=O) groups excluding carboxylic acids is 2. The van der Waals surface area contributed by atoms with Crippen LogP contribution in [0.15, 0.2) is 29.2 Å². The summed E-state index contributed by atoms with van der Waals surface area (Å²) in [6, 6.07) is 6.03. The van der Waals surface area contributed by atoms with E-state index >= 15 is 0 Å². The standard InChI is InChI=1S/C24H32N4O4S2/c1-4-12-27-15-11-19-20(16-27)33-23(21(19)24(30)26(2)3)25-22(29)17-7-9-18(10-8-17)34(31,32)28-13-5-6-14-28/h7-10H,4-6,11-16H2,1-3H3,(H,25,29). The van der Waals surface area contributed by atoms with E-state index in [0.717, 1.165) is 55.8 Å². The molecule has 184 valence electrons. The first-order chi connectivity index (χ1) is 16.2. The molecule has 0 radical (unpaired) electrons. The Hall–Kier alpha value is -2.27. The van der Waals surface area contributed by atoms with Gasteiger partial charge in [-0.05, 0) is 62.1 Å². The van der Waals surface area contributed by atoms with E-state index in [-0.39, 0.29) is 16.7 Å². The van der Waals surface area contributed by atoms with Gasteiger partial charge in [0.1, 0.15) is 5.00 Å². The summed E-state index contributed by atoms with van der Waals surface area (Å²) >= 11 is 1.46. The molecule has 2 aliphatic heterocycles. The number of nitrogens with one attached hydrogen (secondary N) is 1. The molecule has 1 aromatic heterocycles. The van der Waals surface area contributed by atoms with Crippen molar-refractivity contribution in [3.8, 4) is 0 Å². The summed E-state index contributed by atoms with van der Waals surface area (Å²) in [4.78, 5) is 31.3. The van der Waals surface area contributed by atoms with Crippen LogP contribution in [0.4, 0.5) is 5.00 Å². The maximum absolute atomic E-state index is 13.1. The third kappa shape index (κ3) is 4.91. The second-order valence-corrected chi connectivity index (χ2v) is 12.1. The molecule has 10 heteroatoms. The predicted octanol–water partition coefficient (Wildman–Crippen LogP) is 3.25. The van der Waals surface area contributed by atoms with Gasteiger partial charge in [0, 0.05) is 50.7 Å². The zero-order valence-electron chi connectivity index (χ0n) is 20.0. The number of sulfonamides is 1. The predicted molar refractivity (Wildman–Crippen MR) is 134 cm³/mol. The van der Waals surface area contributed by atoms with E-state index in [2.05, 4.69) is 17.1 Å². The van der Waals surface area contributed by atoms with Gasteiger partial charge in [-0.1, -0.05) is 6.92 Å². The van der Waals surface area contributed by atoms with Crippen molar-refractivity contribution in [1.82, 2.24) is 14.1 Å². The Kier molecular flexibility index (Phi) is 7.42. The normalized spacial score (nSPS) is 16.9. The molecule has 4 rings (SSSR count). The average molecular weight is 505 g/mol. The number of rotatable bonds is 7. The van der Waals surface area contributed by atoms with Crippen molar-refractivity contribution in [1.29, 1.82) is 0 Å². The SMILES string of the molecule is CCCN1CCc2c(sc(NC(=O)c3ccc(S(=O)(=O)N4CCCC4)cc3)c2C(=O)N(C)C)C1. The summed E-state index contributed by atoms with van der Waals surface area (Å²) in [6.45, 7) is 5.89. The van der Waals surface area contributed by atoms with E-state index in [1.807, 2.05) is 0 Å². The fourth-order valence-electron chi connectivity index (χ4n) is 4.53. The molecule has 1 N–H and O–H groups in total. The van der Waals surface area contributed by atoms with Gasteiger partial charge in [0.05, 0.1) is 10.5 Å². The molecule has 3 heterocycles. The maximum atomic E-state index is 13.1. The van der Waals surface area contributed by atoms with E-state index in [0.29, 0.717) is 29.2 Å². The van der Waals surface area contributed by atoms with E-state index in [1.165, 1.54) is 44.8 Å². The smallest absolute Gasteiger partial charge is 0.256 e. The molecular formula is C24H32N4O4S2. The molecule has 0 atom stereocenters. The summed E-state index contributed by atoms with van der Waals surface area (Å²) in [5.41, 5.74) is 1.95. The van der Waals surface area contributed by atoms with Crippen molar-refractivity contribution in [2.45, 2.75) is 44.0 Å². The Labute approximate surface area is 205 Å². The number of thiophene rings is 1. The highest BCUT2D eigenvalue weighted by atomic mass is 32.2. The van der Waals surface area contributed by atoms with E-state index < -0.39 is 10.0 Å². The van der Waals surface area contributed by atoms with Gasteiger partial charge in [0.15, 0.2) is 0 Å². The van der Waals surface area contributed by atoms with Crippen molar-refractivity contribution in [3.63, 3.8) is 0 Å². The number of anilines is 1. The Morgan fingerprint density at radius 2 is 1.76 bits per heavy atom. The molecule has 0 bridgehead atoms. The number of benzene rings is 1. The van der Waals surface area contributed by atoms with Crippen LogP contribution in [0.3, 0.4) is 0 Å². The number of hydrogen-bond donors (Lipinski definition) is 1. The number of carbonyl (C=O) groups is 2. The molecule has 0 aliphatic carbocycles. The molecule has 0 spiro atoms. The molecule has 0 unspecified atom stereocenters. The van der Waals surface area contributed by atoms with Gasteiger partial charge in [-0.25, -0.2) is 8.42 Å². The van der Waals surface area contributed by atoms with Crippen LogP contribution in [0.25, 0.3) is 0 Å². The minimum Gasteiger partial charge on any atom is -0.345 e. The molecule has 2 aliphatic rings. The van der Waals surface area contributed by atoms with Gasteiger partial charge >= 0.3 is 0 Å². The second kappa shape index (κ2) is 10.2. The summed E-state index contributed by atoms with van der Waals surface area (Å²) in [5.74, 6) is -0.481. The molecule has 1 fully saturated rings. The first-order valence-electron chi connectivity index (χ1n) is 11.7. The molecular weight excluding hydrogens is 472 g/mol. The monoisotopic (exact) mass is 504 g/mol. The number of fused-ring (bicyclic) bond motifs is 1. The van der Waals surface area contributed by atoms with Crippen molar-refractivity contribution in [2.75, 3.05) is 45.6 Å². The zero-order chi connectivity index (χ0) is 24.5. The molecule has 0 saturated carbocycles. The molecule has 2 amide bonds. The topological polar surface area (TPSA) is 90.0 Å². The Bertz CT molecular complexity index is 1170. The van der Waals surface area contributed by atoms with E-state index in [9.17, 15) is 18.0 Å². The van der Waals surface area contributed by atoms with E-state index in [4.69, 9.17) is 0 Å². The summed E-state index contributed by atoms with van der Waals surface area (Å²) in [7, 11) is -0.107. The lowest BCUT2D eigenvalue weighted by molar-refractivity contribution is 0.0827. The third-order valence-corrected chi connectivity index (χ3v) is 9.39. The maximum Gasteiger partial charge on any atom is 0.256 e. The fraction of sp³-hybridized carbons (Fsp3) is 0.500. The first-order valence-corrected chi connectivity index (χ1v) is 14.0. The number of amides is 2. The van der Waals surface area contributed by atoms with Gasteiger partial charge in [-0.3, -0.25) is 14.5 Å². The molecule has 2 aromatic rings. The first kappa shape index (κ1) is 24.8. The van der Waals surface area contributed by atoms with Crippen LogP contribution in [0, 0.1) is 0 Å². The lowest BCUT2D eigenvalue weighted by Gasteiger charge is -2.26. The number of nitrogens with zero attached hydrogens (tertiary/aromatic N) is 3. The van der Waals surface area contributed by atoms with Crippen LogP contribution in [-0.4, -0.2) is 74.6 Å². The average Bonchev–Trinajstić information content (AvgIpc) is 3.47. The molecule has 1 saturated heterocycles. The fourth-order valence-corrected chi connectivity index (χ4v) is 7.33. The van der Waals surface area contributed by atoms with Crippen LogP contribution in [-0.2, 0) is 23.0 Å². The van der Waals surface area contributed by atoms with Crippen molar-refractivity contribution >= 4 is 38.2 Å². The van der Waals surface area contributed by atoms with Crippen molar-refractivity contribution in [2.24, 2.45) is 0 Å². The third-order valence-electron chi connectivity index (χ3n) is 6.34. The Morgan fingerprint density at radius 1 is 1.09 bits per heavy atom. The Balaban J connectivity index is 1.57. The van der Waals surface area contributed by atoms with Crippen LogP contribution in [0.2, 0.25) is 0 Å². The summed E-state index contributed by atoms with van der Waals surface area (Å²) in [5, 5.41) is 3.49. The lowest BCUT2D eigenvalue weighted by Crippen LogP contribution is -2.32. The Morgan fingerprint density at radius 3 is 2.38 bits per heavy atom. The van der Waals surface area contributed by atoms with Crippen molar-refractivity contribution < 1.29 is 18.0 Å². The van der Waals surface area contributed by atoms with E-state index in [1.54, 1.807) is 14.1 Å². The largest absolute Gasteiger partial charge is 0.345 e. The van der Waals surface area contributed by atoms with Gasteiger partial charge < -0.3 is 10.2 Å². The molecule has 1 aromatic carbocycles. The highest BCUT2D eigenvalue weighted by Crippen LogP contribution is 2.38. The van der Waals surface area contributed by atoms with Gasteiger partial charge in [0.2, 0.25) is 10.0 Å². The minimum absolute atomic E-state index is 0.121. The summed E-state index contributed by atoms with van der Waals surface area (Å²) < 4.78 is 27.0. The quantitative estimate of drug-likeness (QED) is 0.625. The van der Waals surface area contributed by atoms with Crippen molar-refractivity contribution in [3.05, 3.63) is 45.8 Å². The van der Waals surface area contributed by atoms with Crippen LogP contribution < -0.4 is 5.32 Å². The lowest BCUT2D eigenvalue weighted by atomic mass is 10.0. The second-order valence-electron chi connectivity index (χ2n) is 9.02. The highest BCUT2D eigenvalue weighted by molar-refractivity contribution is 7.89. The zero-order valence-corrected chi connectivity index (χ0v) is 21.6. The highest BCUT2D eigenvalue weighted by Gasteiger charge is 2.30. The van der Waals surface area contributed by atoms with Crippen LogP contribution in [0.5, 0.6) is 0 Å². The van der Waals surface area contributed by atoms with Crippen LogP contribution in [0.1, 0.15) is 57.3 Å². The summed E-state index contributed by atoms with van der Waals surface area (Å²) in [6.07, 6.45) is 3.58. The molecule has 8 nitrogen and oxygen atoms in total. The minimum atomic E-state index is -3.53. The molecule has 34 heavy (non-hydrogen) atoms. The number of hydrogen-bond acceptors (Lipinski definition) is 6. The van der Waals surface area contributed by atoms with Gasteiger partial charge in [-0.2, -0.15) is 4.31 Å². The van der Waals surface area contributed by atoms with Crippen LogP contribution >= 0.6 is 11.3 Å².